The van der Waals surface area contributed by atoms with Gasteiger partial charge in [0.05, 0.1) is 22.9 Å². The SMILES string of the molecule is CS(=O)(=O)OCc1c[nH]c(Sc2ccccc2Cl)c1. The van der Waals surface area contributed by atoms with Crippen molar-refractivity contribution in [3.63, 3.8) is 0 Å². The maximum Gasteiger partial charge on any atom is 0.264 e. The summed E-state index contributed by atoms with van der Waals surface area (Å²) in [7, 11) is -3.42. The third-order valence-corrected chi connectivity index (χ3v) is 4.23. The van der Waals surface area contributed by atoms with Crippen molar-refractivity contribution in [3.05, 3.63) is 47.1 Å². The highest BCUT2D eigenvalue weighted by Gasteiger charge is 2.07. The molecule has 1 heterocycles. The van der Waals surface area contributed by atoms with Gasteiger partial charge in [0, 0.05) is 11.1 Å². The van der Waals surface area contributed by atoms with E-state index in [0.717, 1.165) is 21.7 Å². The summed E-state index contributed by atoms with van der Waals surface area (Å²) >= 11 is 7.54. The molecule has 0 bridgehead atoms. The standard InChI is InChI=1S/C12H12ClNO3S2/c1-19(15,16)17-8-9-6-12(14-7-9)18-11-5-3-2-4-10(11)13/h2-7,14H,8H2,1H3. The molecular formula is C12H12ClNO3S2. The topological polar surface area (TPSA) is 59.2 Å². The van der Waals surface area contributed by atoms with E-state index in [-0.39, 0.29) is 6.61 Å². The van der Waals surface area contributed by atoms with Crippen LogP contribution in [-0.2, 0) is 20.9 Å². The smallest absolute Gasteiger partial charge is 0.264 e. The normalized spacial score (nSPS) is 11.7. The summed E-state index contributed by atoms with van der Waals surface area (Å²) in [5.74, 6) is 0. The number of aromatic nitrogens is 1. The molecule has 0 saturated carbocycles. The van der Waals surface area contributed by atoms with Crippen LogP contribution in [0.2, 0.25) is 5.02 Å². The van der Waals surface area contributed by atoms with Crippen molar-refractivity contribution in [1.29, 1.82) is 0 Å². The van der Waals surface area contributed by atoms with Crippen LogP contribution in [0.4, 0.5) is 0 Å². The monoisotopic (exact) mass is 317 g/mol. The maximum atomic E-state index is 10.9. The molecule has 2 rings (SSSR count). The maximum absolute atomic E-state index is 10.9. The largest absolute Gasteiger partial charge is 0.356 e. The molecule has 102 valence electrons. The number of hydrogen-bond donors (Lipinski definition) is 1. The second kappa shape index (κ2) is 6.00. The molecule has 0 spiro atoms. The molecule has 0 aliphatic heterocycles. The predicted octanol–water partition coefficient (Wildman–Crippen LogP) is 3.30. The Hall–Kier alpha value is -0.950. The molecule has 7 heteroatoms. The average molecular weight is 318 g/mol. The Labute approximate surface area is 121 Å². The molecule has 0 unspecified atom stereocenters. The van der Waals surface area contributed by atoms with Crippen LogP contribution in [0.25, 0.3) is 0 Å². The Kier molecular flexibility index (Phi) is 4.57. The minimum Gasteiger partial charge on any atom is -0.356 e. The van der Waals surface area contributed by atoms with Crippen LogP contribution >= 0.6 is 23.4 Å². The molecule has 19 heavy (non-hydrogen) atoms. The van der Waals surface area contributed by atoms with Crippen LogP contribution in [0.15, 0.2) is 46.5 Å². The van der Waals surface area contributed by atoms with Crippen LogP contribution in [0, 0.1) is 0 Å². The van der Waals surface area contributed by atoms with Gasteiger partial charge in [0.1, 0.15) is 0 Å². The lowest BCUT2D eigenvalue weighted by Gasteiger charge is -2.00. The summed E-state index contributed by atoms with van der Waals surface area (Å²) in [5, 5.41) is 1.55. The van der Waals surface area contributed by atoms with E-state index in [0.29, 0.717) is 5.02 Å². The van der Waals surface area contributed by atoms with Crippen LogP contribution in [0.3, 0.4) is 0 Å². The van der Waals surface area contributed by atoms with E-state index >= 15 is 0 Å². The molecule has 1 aromatic heterocycles. The van der Waals surface area contributed by atoms with Crippen LogP contribution in [0.1, 0.15) is 5.56 Å². The van der Waals surface area contributed by atoms with Gasteiger partial charge < -0.3 is 4.98 Å². The van der Waals surface area contributed by atoms with E-state index in [4.69, 9.17) is 15.8 Å². The second-order valence-electron chi connectivity index (χ2n) is 3.87. The van der Waals surface area contributed by atoms with Crippen LogP contribution in [-0.4, -0.2) is 19.7 Å². The predicted molar refractivity (Wildman–Crippen MR) is 76.0 cm³/mol. The molecule has 0 saturated heterocycles. The van der Waals surface area contributed by atoms with Gasteiger partial charge in [-0.25, -0.2) is 0 Å². The number of H-pyrrole nitrogens is 1. The highest BCUT2D eigenvalue weighted by atomic mass is 35.5. The first-order valence-electron chi connectivity index (χ1n) is 5.38. The van der Waals surface area contributed by atoms with Gasteiger partial charge in [-0.3, -0.25) is 4.18 Å². The Bertz CT molecular complexity index is 667. The summed E-state index contributed by atoms with van der Waals surface area (Å²) in [5.41, 5.74) is 0.764. The lowest BCUT2D eigenvalue weighted by atomic mass is 10.4. The molecule has 1 N–H and O–H groups in total. The van der Waals surface area contributed by atoms with E-state index in [1.165, 1.54) is 11.8 Å². The van der Waals surface area contributed by atoms with Gasteiger partial charge in [-0.15, -0.1) is 0 Å². The van der Waals surface area contributed by atoms with Crippen LogP contribution in [0.5, 0.6) is 0 Å². The van der Waals surface area contributed by atoms with Gasteiger partial charge >= 0.3 is 0 Å². The molecule has 0 radical (unpaired) electrons. The highest BCUT2D eigenvalue weighted by Crippen LogP contribution is 2.32. The summed E-state index contributed by atoms with van der Waals surface area (Å²) in [6.45, 7) is 0.0262. The summed E-state index contributed by atoms with van der Waals surface area (Å²) in [6, 6.07) is 9.34. The van der Waals surface area contributed by atoms with Crippen molar-refractivity contribution in [2.75, 3.05) is 6.26 Å². The fourth-order valence-electron chi connectivity index (χ4n) is 1.38. The third-order valence-electron chi connectivity index (χ3n) is 2.21. The first-order chi connectivity index (χ1) is 8.94. The van der Waals surface area contributed by atoms with Crippen molar-refractivity contribution < 1.29 is 12.6 Å². The highest BCUT2D eigenvalue weighted by molar-refractivity contribution is 7.99. The van der Waals surface area contributed by atoms with Crippen LogP contribution < -0.4 is 0 Å². The van der Waals surface area contributed by atoms with Gasteiger partial charge in [0.25, 0.3) is 10.1 Å². The minimum absolute atomic E-state index is 0.0262. The molecule has 0 aliphatic carbocycles. The molecular weight excluding hydrogens is 306 g/mol. The molecule has 2 aromatic rings. The number of rotatable bonds is 5. The molecule has 0 amide bonds. The Morgan fingerprint density at radius 1 is 1.37 bits per heavy atom. The first kappa shape index (κ1) is 14.5. The van der Waals surface area contributed by atoms with Crippen molar-refractivity contribution in [3.8, 4) is 0 Å². The number of nitrogens with one attached hydrogen (secondary N) is 1. The third kappa shape index (κ3) is 4.58. The summed E-state index contributed by atoms with van der Waals surface area (Å²) in [6.07, 6.45) is 2.74. The minimum atomic E-state index is -3.42. The molecule has 0 fully saturated rings. The Morgan fingerprint density at radius 2 is 2.11 bits per heavy atom. The zero-order valence-corrected chi connectivity index (χ0v) is 12.5. The zero-order chi connectivity index (χ0) is 13.9. The fourth-order valence-corrected chi connectivity index (χ4v) is 2.86. The molecule has 4 nitrogen and oxygen atoms in total. The van der Waals surface area contributed by atoms with E-state index < -0.39 is 10.1 Å². The van der Waals surface area contributed by atoms with Gasteiger partial charge in [-0.2, -0.15) is 8.42 Å². The van der Waals surface area contributed by atoms with Crippen molar-refractivity contribution in [2.45, 2.75) is 16.5 Å². The summed E-state index contributed by atoms with van der Waals surface area (Å²) < 4.78 is 26.5. The number of halogens is 1. The average Bonchev–Trinajstić information content (AvgIpc) is 2.77. The first-order valence-corrected chi connectivity index (χ1v) is 8.39. The Balaban J connectivity index is 2.04. The van der Waals surface area contributed by atoms with E-state index in [2.05, 4.69) is 4.98 Å². The van der Waals surface area contributed by atoms with Gasteiger partial charge in [0.15, 0.2) is 0 Å². The van der Waals surface area contributed by atoms with E-state index in [9.17, 15) is 8.42 Å². The molecule has 0 atom stereocenters. The van der Waals surface area contributed by atoms with E-state index in [1.807, 2.05) is 30.3 Å². The fraction of sp³-hybridized carbons (Fsp3) is 0.167. The van der Waals surface area contributed by atoms with Gasteiger partial charge in [-0.1, -0.05) is 35.5 Å². The lowest BCUT2D eigenvalue weighted by molar-refractivity contribution is 0.312. The van der Waals surface area contributed by atoms with Gasteiger partial charge in [0.2, 0.25) is 0 Å². The summed E-state index contributed by atoms with van der Waals surface area (Å²) in [4.78, 5) is 3.98. The number of aromatic amines is 1. The van der Waals surface area contributed by atoms with Crippen molar-refractivity contribution in [1.82, 2.24) is 4.98 Å². The number of hydrogen-bond acceptors (Lipinski definition) is 4. The zero-order valence-electron chi connectivity index (χ0n) is 10.1. The van der Waals surface area contributed by atoms with Gasteiger partial charge in [-0.05, 0) is 23.8 Å². The Morgan fingerprint density at radius 3 is 2.79 bits per heavy atom. The van der Waals surface area contributed by atoms with Crippen molar-refractivity contribution >= 4 is 33.5 Å². The quantitative estimate of drug-likeness (QED) is 0.860. The van der Waals surface area contributed by atoms with Crippen molar-refractivity contribution in [2.24, 2.45) is 0 Å². The lowest BCUT2D eigenvalue weighted by Crippen LogP contribution is -2.01. The number of benzene rings is 1. The second-order valence-corrected chi connectivity index (χ2v) is 7.01. The molecule has 1 aromatic carbocycles. The molecule has 0 aliphatic rings. The van der Waals surface area contributed by atoms with E-state index in [1.54, 1.807) is 6.20 Å².